The number of nitrogens with one attached hydrogen (secondary N) is 1. The van der Waals surface area contributed by atoms with E-state index in [2.05, 4.69) is 72.2 Å². The second-order valence-electron chi connectivity index (χ2n) is 4.80. The molecule has 1 aromatic carbocycles. The lowest BCUT2D eigenvalue weighted by Gasteiger charge is -2.29. The molecule has 0 aliphatic rings. The smallest absolute Gasteiger partial charge is 0.0422 e. The van der Waals surface area contributed by atoms with Crippen molar-refractivity contribution in [1.82, 2.24) is 5.32 Å². The zero-order valence-corrected chi connectivity index (χ0v) is 13.5. The van der Waals surface area contributed by atoms with Crippen molar-refractivity contribution in [3.05, 3.63) is 28.2 Å². The molecule has 0 radical (unpaired) electrons. The number of halogens is 1. The molecular weight excluding hydrogens is 288 g/mol. The second-order valence-corrected chi connectivity index (χ2v) is 5.72. The third-order valence-electron chi connectivity index (χ3n) is 3.36. The molecule has 0 spiro atoms. The van der Waals surface area contributed by atoms with Crippen LogP contribution in [0.3, 0.4) is 0 Å². The Morgan fingerprint density at radius 1 is 1.33 bits per heavy atom. The van der Waals surface area contributed by atoms with Crippen molar-refractivity contribution >= 4 is 21.6 Å². The average molecular weight is 313 g/mol. The highest BCUT2D eigenvalue weighted by Gasteiger charge is 2.13. The van der Waals surface area contributed by atoms with E-state index < -0.39 is 0 Å². The Morgan fingerprint density at radius 3 is 2.67 bits per heavy atom. The SMILES string of the molecule is CCCC(C)N(C)c1cc(Br)ccc1CNCC. The minimum absolute atomic E-state index is 0.574. The molecule has 2 nitrogen and oxygen atoms in total. The maximum atomic E-state index is 3.57. The quantitative estimate of drug-likeness (QED) is 0.812. The van der Waals surface area contributed by atoms with Crippen molar-refractivity contribution in [2.24, 2.45) is 0 Å². The molecule has 0 saturated heterocycles. The molecule has 0 aliphatic heterocycles. The molecule has 0 bridgehead atoms. The Morgan fingerprint density at radius 2 is 2.06 bits per heavy atom. The van der Waals surface area contributed by atoms with Crippen LogP contribution in [0.15, 0.2) is 22.7 Å². The van der Waals surface area contributed by atoms with Crippen molar-refractivity contribution in [3.63, 3.8) is 0 Å². The van der Waals surface area contributed by atoms with Crippen molar-refractivity contribution < 1.29 is 0 Å². The van der Waals surface area contributed by atoms with Gasteiger partial charge >= 0.3 is 0 Å². The highest BCUT2D eigenvalue weighted by molar-refractivity contribution is 9.10. The minimum Gasteiger partial charge on any atom is -0.372 e. The topological polar surface area (TPSA) is 15.3 Å². The third-order valence-corrected chi connectivity index (χ3v) is 3.85. The van der Waals surface area contributed by atoms with Gasteiger partial charge in [0.25, 0.3) is 0 Å². The molecule has 1 N–H and O–H groups in total. The van der Waals surface area contributed by atoms with E-state index in [1.807, 2.05) is 0 Å². The lowest BCUT2D eigenvalue weighted by molar-refractivity contribution is 0.612. The summed E-state index contributed by atoms with van der Waals surface area (Å²) >= 11 is 3.57. The lowest BCUT2D eigenvalue weighted by atomic mass is 10.1. The molecule has 102 valence electrons. The van der Waals surface area contributed by atoms with E-state index in [0.717, 1.165) is 17.6 Å². The van der Waals surface area contributed by atoms with Gasteiger partial charge < -0.3 is 10.2 Å². The van der Waals surface area contributed by atoms with E-state index in [-0.39, 0.29) is 0 Å². The monoisotopic (exact) mass is 312 g/mol. The number of anilines is 1. The standard InChI is InChI=1S/C15H25BrN2/c1-5-7-12(3)18(4)15-10-14(16)9-8-13(15)11-17-6-2/h8-10,12,17H,5-7,11H2,1-4H3. The molecule has 0 saturated carbocycles. The van der Waals surface area contributed by atoms with Crippen LogP contribution in [0.4, 0.5) is 5.69 Å². The molecule has 0 heterocycles. The van der Waals surface area contributed by atoms with Gasteiger partial charge in [0, 0.05) is 29.8 Å². The van der Waals surface area contributed by atoms with Crippen LogP contribution in [0.1, 0.15) is 39.2 Å². The van der Waals surface area contributed by atoms with Gasteiger partial charge in [0.05, 0.1) is 0 Å². The first-order valence-electron chi connectivity index (χ1n) is 6.82. The molecule has 1 rings (SSSR count). The summed E-state index contributed by atoms with van der Waals surface area (Å²) in [7, 11) is 2.19. The summed E-state index contributed by atoms with van der Waals surface area (Å²) in [6, 6.07) is 7.12. The highest BCUT2D eigenvalue weighted by Crippen LogP contribution is 2.26. The predicted octanol–water partition coefficient (Wildman–Crippen LogP) is 4.18. The molecule has 18 heavy (non-hydrogen) atoms. The molecule has 1 unspecified atom stereocenters. The molecule has 1 aromatic rings. The summed E-state index contributed by atoms with van der Waals surface area (Å²) in [6.45, 7) is 8.61. The fourth-order valence-corrected chi connectivity index (χ4v) is 2.47. The number of rotatable bonds is 7. The summed E-state index contributed by atoms with van der Waals surface area (Å²) in [6.07, 6.45) is 2.45. The Labute approximate surface area is 120 Å². The molecular formula is C15H25BrN2. The van der Waals surface area contributed by atoms with Crippen LogP contribution in [0.25, 0.3) is 0 Å². The van der Waals surface area contributed by atoms with Crippen LogP contribution in [0, 0.1) is 0 Å². The molecule has 0 aliphatic carbocycles. The maximum Gasteiger partial charge on any atom is 0.0422 e. The summed E-state index contributed by atoms with van der Waals surface area (Å²) in [5, 5.41) is 3.41. The summed E-state index contributed by atoms with van der Waals surface area (Å²) in [5.74, 6) is 0. The van der Waals surface area contributed by atoms with Gasteiger partial charge in [-0.3, -0.25) is 0 Å². The maximum absolute atomic E-state index is 3.57. The minimum atomic E-state index is 0.574. The van der Waals surface area contributed by atoms with E-state index in [4.69, 9.17) is 0 Å². The molecule has 1 atom stereocenters. The number of hydrogen-bond donors (Lipinski definition) is 1. The average Bonchev–Trinajstić information content (AvgIpc) is 2.36. The predicted molar refractivity (Wildman–Crippen MR) is 84.3 cm³/mol. The third kappa shape index (κ3) is 4.29. The number of nitrogens with zero attached hydrogens (tertiary/aromatic N) is 1. The molecule has 0 amide bonds. The Bertz CT molecular complexity index is 366. The van der Waals surface area contributed by atoms with Crippen LogP contribution < -0.4 is 10.2 Å². The fourth-order valence-electron chi connectivity index (χ4n) is 2.12. The van der Waals surface area contributed by atoms with Gasteiger partial charge in [-0.2, -0.15) is 0 Å². The van der Waals surface area contributed by atoms with Crippen LogP contribution in [0.2, 0.25) is 0 Å². The second kappa shape index (κ2) is 7.80. The van der Waals surface area contributed by atoms with Gasteiger partial charge in [0.15, 0.2) is 0 Å². The highest BCUT2D eigenvalue weighted by atomic mass is 79.9. The van der Waals surface area contributed by atoms with Crippen molar-refractivity contribution in [2.45, 2.75) is 46.2 Å². The lowest BCUT2D eigenvalue weighted by Crippen LogP contribution is -2.30. The fraction of sp³-hybridized carbons (Fsp3) is 0.600. The number of hydrogen-bond acceptors (Lipinski definition) is 2. The number of benzene rings is 1. The Hall–Kier alpha value is -0.540. The van der Waals surface area contributed by atoms with E-state index in [1.165, 1.54) is 24.1 Å². The van der Waals surface area contributed by atoms with Crippen LogP contribution in [-0.4, -0.2) is 19.6 Å². The molecule has 0 fully saturated rings. The van der Waals surface area contributed by atoms with Gasteiger partial charge in [-0.05, 0) is 37.6 Å². The van der Waals surface area contributed by atoms with E-state index in [1.54, 1.807) is 0 Å². The first-order valence-corrected chi connectivity index (χ1v) is 7.61. The normalized spacial score (nSPS) is 12.5. The first kappa shape index (κ1) is 15.5. The summed E-state index contributed by atoms with van der Waals surface area (Å²) in [5.41, 5.74) is 2.69. The Balaban J connectivity index is 2.92. The van der Waals surface area contributed by atoms with E-state index in [0.29, 0.717) is 6.04 Å². The van der Waals surface area contributed by atoms with Gasteiger partial charge in [-0.1, -0.05) is 42.3 Å². The zero-order chi connectivity index (χ0) is 13.5. The van der Waals surface area contributed by atoms with E-state index in [9.17, 15) is 0 Å². The summed E-state index contributed by atoms with van der Waals surface area (Å²) < 4.78 is 1.15. The largest absolute Gasteiger partial charge is 0.372 e. The molecule has 3 heteroatoms. The Kier molecular flexibility index (Phi) is 6.72. The van der Waals surface area contributed by atoms with Crippen molar-refractivity contribution in [2.75, 3.05) is 18.5 Å². The van der Waals surface area contributed by atoms with Gasteiger partial charge in [-0.15, -0.1) is 0 Å². The van der Waals surface area contributed by atoms with Gasteiger partial charge in [0.2, 0.25) is 0 Å². The van der Waals surface area contributed by atoms with Gasteiger partial charge in [0.1, 0.15) is 0 Å². The van der Waals surface area contributed by atoms with Crippen LogP contribution >= 0.6 is 15.9 Å². The zero-order valence-electron chi connectivity index (χ0n) is 12.0. The van der Waals surface area contributed by atoms with Crippen molar-refractivity contribution in [3.8, 4) is 0 Å². The van der Waals surface area contributed by atoms with Crippen LogP contribution in [0.5, 0.6) is 0 Å². The van der Waals surface area contributed by atoms with Crippen LogP contribution in [-0.2, 0) is 6.54 Å². The van der Waals surface area contributed by atoms with Gasteiger partial charge in [-0.25, -0.2) is 0 Å². The van der Waals surface area contributed by atoms with Crippen molar-refractivity contribution in [1.29, 1.82) is 0 Å². The molecule has 0 aromatic heterocycles. The van der Waals surface area contributed by atoms with E-state index >= 15 is 0 Å². The summed E-state index contributed by atoms with van der Waals surface area (Å²) in [4.78, 5) is 2.39. The first-order chi connectivity index (χ1) is 8.60.